The fourth-order valence-electron chi connectivity index (χ4n) is 1.61. The van der Waals surface area contributed by atoms with Crippen LogP contribution in [0.25, 0.3) is 0 Å². The number of alkyl carbamates (subject to hydrolysis) is 1. The van der Waals surface area contributed by atoms with Crippen LogP contribution in [0.15, 0.2) is 18.2 Å². The molecule has 0 aliphatic rings. The van der Waals surface area contributed by atoms with Crippen LogP contribution in [0.4, 0.5) is 13.6 Å². The highest BCUT2D eigenvalue weighted by atomic mass is 19.1. The van der Waals surface area contributed by atoms with Crippen LogP contribution >= 0.6 is 0 Å². The number of amides is 1. The number of benzene rings is 1. The van der Waals surface area contributed by atoms with E-state index >= 15 is 0 Å². The largest absolute Gasteiger partial charge is 0.444 e. The first-order valence-electron chi connectivity index (χ1n) is 6.22. The standard InChI is InChI=1S/C14H19F2NO3/c1-8(17-13(19)20-14(2,3)4)12(18)9-5-10(15)7-11(16)6-9/h5-8,12,18H,1-4H3,(H,17,19)/t8-,12-/m1/s1. The van der Waals surface area contributed by atoms with Crippen LogP contribution in [0.2, 0.25) is 0 Å². The van der Waals surface area contributed by atoms with Gasteiger partial charge in [-0.1, -0.05) is 0 Å². The van der Waals surface area contributed by atoms with Gasteiger partial charge >= 0.3 is 6.09 Å². The van der Waals surface area contributed by atoms with Crippen LogP contribution in [-0.2, 0) is 4.74 Å². The molecular formula is C14H19F2NO3. The third-order valence-electron chi connectivity index (χ3n) is 2.44. The van der Waals surface area contributed by atoms with Crippen molar-refractivity contribution in [1.29, 1.82) is 0 Å². The Bertz CT molecular complexity index is 466. The Balaban J connectivity index is 2.71. The highest BCUT2D eigenvalue weighted by molar-refractivity contribution is 5.68. The summed E-state index contributed by atoms with van der Waals surface area (Å²) in [7, 11) is 0. The van der Waals surface area contributed by atoms with Gasteiger partial charge in [0.15, 0.2) is 0 Å². The summed E-state index contributed by atoms with van der Waals surface area (Å²) in [6.07, 6.45) is -1.95. The molecule has 0 aliphatic heterocycles. The summed E-state index contributed by atoms with van der Waals surface area (Å²) in [6.45, 7) is 6.62. The van der Waals surface area contributed by atoms with Crippen LogP contribution in [0.5, 0.6) is 0 Å². The predicted octanol–water partition coefficient (Wildman–Crippen LogP) is 2.91. The van der Waals surface area contributed by atoms with E-state index in [0.717, 1.165) is 12.1 Å². The quantitative estimate of drug-likeness (QED) is 0.898. The Morgan fingerprint density at radius 1 is 1.25 bits per heavy atom. The van der Waals surface area contributed by atoms with E-state index in [1.807, 2.05) is 0 Å². The van der Waals surface area contributed by atoms with Crippen molar-refractivity contribution >= 4 is 6.09 Å². The van der Waals surface area contributed by atoms with E-state index in [9.17, 15) is 18.7 Å². The van der Waals surface area contributed by atoms with Crippen LogP contribution in [0.1, 0.15) is 39.4 Å². The molecule has 0 saturated heterocycles. The molecule has 6 heteroatoms. The number of ether oxygens (including phenoxy) is 1. The summed E-state index contributed by atoms with van der Waals surface area (Å²) in [5, 5.41) is 12.4. The van der Waals surface area contributed by atoms with Crippen molar-refractivity contribution in [3.05, 3.63) is 35.4 Å². The predicted molar refractivity (Wildman–Crippen MR) is 70.1 cm³/mol. The molecule has 2 atom stereocenters. The SMILES string of the molecule is C[C@@H](NC(=O)OC(C)(C)C)[C@@H](O)c1cc(F)cc(F)c1. The number of hydrogen-bond acceptors (Lipinski definition) is 3. The number of nitrogens with one attached hydrogen (secondary N) is 1. The molecule has 0 unspecified atom stereocenters. The minimum atomic E-state index is -1.24. The van der Waals surface area contributed by atoms with Gasteiger partial charge in [0.25, 0.3) is 0 Å². The minimum Gasteiger partial charge on any atom is -0.444 e. The zero-order valence-corrected chi connectivity index (χ0v) is 11.9. The molecular weight excluding hydrogens is 268 g/mol. The Morgan fingerprint density at radius 3 is 2.20 bits per heavy atom. The second kappa shape index (κ2) is 6.17. The molecule has 1 aromatic rings. The number of aliphatic hydroxyl groups is 1. The summed E-state index contributed by atoms with van der Waals surface area (Å²) in [6, 6.07) is 1.98. The summed E-state index contributed by atoms with van der Waals surface area (Å²) in [5.41, 5.74) is -0.620. The van der Waals surface area contributed by atoms with Gasteiger partial charge in [0.05, 0.1) is 12.1 Å². The van der Waals surface area contributed by atoms with E-state index in [-0.39, 0.29) is 5.56 Å². The molecule has 20 heavy (non-hydrogen) atoms. The van der Waals surface area contributed by atoms with Crippen LogP contribution in [0.3, 0.4) is 0 Å². The monoisotopic (exact) mass is 287 g/mol. The second-order valence-electron chi connectivity index (χ2n) is 5.58. The van der Waals surface area contributed by atoms with Gasteiger partial charge in [-0.25, -0.2) is 13.6 Å². The van der Waals surface area contributed by atoms with Gasteiger partial charge in [0.1, 0.15) is 17.2 Å². The lowest BCUT2D eigenvalue weighted by molar-refractivity contribution is 0.0435. The number of carbonyl (C=O) groups excluding carboxylic acids is 1. The molecule has 4 nitrogen and oxygen atoms in total. The van der Waals surface area contributed by atoms with Gasteiger partial charge in [-0.2, -0.15) is 0 Å². The number of carbonyl (C=O) groups is 1. The topological polar surface area (TPSA) is 58.6 Å². The Hall–Kier alpha value is -1.69. The molecule has 0 aliphatic carbocycles. The van der Waals surface area contributed by atoms with Gasteiger partial charge in [-0.3, -0.25) is 0 Å². The molecule has 0 heterocycles. The average Bonchev–Trinajstić information content (AvgIpc) is 2.23. The minimum absolute atomic E-state index is 0.0473. The van der Waals surface area contributed by atoms with Gasteiger partial charge in [-0.05, 0) is 45.4 Å². The number of halogens is 2. The Morgan fingerprint density at radius 2 is 1.75 bits per heavy atom. The smallest absolute Gasteiger partial charge is 0.407 e. The summed E-state index contributed by atoms with van der Waals surface area (Å²) >= 11 is 0. The van der Waals surface area contributed by atoms with E-state index in [2.05, 4.69) is 5.32 Å². The molecule has 1 aromatic carbocycles. The van der Waals surface area contributed by atoms with Crippen molar-refractivity contribution < 1.29 is 23.4 Å². The van der Waals surface area contributed by atoms with E-state index in [4.69, 9.17) is 4.74 Å². The molecule has 0 saturated carbocycles. The Kier molecular flexibility index (Phi) is 5.05. The van der Waals surface area contributed by atoms with E-state index < -0.39 is 35.5 Å². The van der Waals surface area contributed by atoms with Gasteiger partial charge in [0.2, 0.25) is 0 Å². The summed E-state index contributed by atoms with van der Waals surface area (Å²) in [5.74, 6) is -1.58. The third kappa shape index (κ3) is 5.13. The van der Waals surface area contributed by atoms with Crippen LogP contribution in [0, 0.1) is 11.6 Å². The van der Waals surface area contributed by atoms with Crippen molar-refractivity contribution in [3.8, 4) is 0 Å². The second-order valence-corrected chi connectivity index (χ2v) is 5.58. The molecule has 2 N–H and O–H groups in total. The maximum absolute atomic E-state index is 13.1. The van der Waals surface area contributed by atoms with Gasteiger partial charge in [-0.15, -0.1) is 0 Å². The lowest BCUT2D eigenvalue weighted by Gasteiger charge is -2.24. The molecule has 0 aromatic heterocycles. The first-order valence-corrected chi connectivity index (χ1v) is 6.22. The van der Waals surface area contributed by atoms with Crippen molar-refractivity contribution in [3.63, 3.8) is 0 Å². The normalized spacial score (nSPS) is 14.6. The lowest BCUT2D eigenvalue weighted by Crippen LogP contribution is -2.40. The number of hydrogen-bond donors (Lipinski definition) is 2. The maximum Gasteiger partial charge on any atom is 0.407 e. The number of rotatable bonds is 3. The van der Waals surface area contributed by atoms with Crippen LogP contribution < -0.4 is 5.32 Å². The van der Waals surface area contributed by atoms with Gasteiger partial charge in [0, 0.05) is 6.07 Å². The molecule has 1 rings (SSSR count). The maximum atomic E-state index is 13.1. The Labute approximate surface area is 116 Å². The average molecular weight is 287 g/mol. The van der Waals surface area contributed by atoms with Crippen molar-refractivity contribution in [2.45, 2.75) is 45.4 Å². The molecule has 0 bridgehead atoms. The van der Waals surface area contributed by atoms with E-state index in [1.54, 1.807) is 20.8 Å². The molecule has 0 radical (unpaired) electrons. The molecule has 112 valence electrons. The van der Waals surface area contributed by atoms with E-state index in [0.29, 0.717) is 6.07 Å². The lowest BCUT2D eigenvalue weighted by atomic mass is 10.0. The van der Waals surface area contributed by atoms with E-state index in [1.165, 1.54) is 6.92 Å². The fourth-order valence-corrected chi connectivity index (χ4v) is 1.61. The zero-order chi connectivity index (χ0) is 15.5. The summed E-state index contributed by atoms with van der Waals surface area (Å²) in [4.78, 5) is 11.5. The van der Waals surface area contributed by atoms with Crippen LogP contribution in [-0.4, -0.2) is 22.8 Å². The van der Waals surface area contributed by atoms with Crippen molar-refractivity contribution in [2.75, 3.05) is 0 Å². The third-order valence-corrected chi connectivity index (χ3v) is 2.44. The van der Waals surface area contributed by atoms with Crippen molar-refractivity contribution in [2.24, 2.45) is 0 Å². The first kappa shape index (κ1) is 16.4. The fraction of sp³-hybridized carbons (Fsp3) is 0.500. The molecule has 1 amide bonds. The van der Waals surface area contributed by atoms with Gasteiger partial charge < -0.3 is 15.2 Å². The zero-order valence-electron chi connectivity index (χ0n) is 11.9. The van der Waals surface area contributed by atoms with Crippen molar-refractivity contribution in [1.82, 2.24) is 5.32 Å². The highest BCUT2D eigenvalue weighted by Gasteiger charge is 2.23. The molecule has 0 spiro atoms. The highest BCUT2D eigenvalue weighted by Crippen LogP contribution is 2.19. The first-order chi connectivity index (χ1) is 9.08. The summed E-state index contributed by atoms with van der Waals surface area (Å²) < 4.78 is 31.2. The number of aliphatic hydroxyl groups excluding tert-OH is 1. The molecule has 0 fully saturated rings.